The second-order valence-electron chi connectivity index (χ2n) is 4.73. The number of fused-ring (bicyclic) bond motifs is 1. The minimum absolute atomic E-state index is 0.183. The summed E-state index contributed by atoms with van der Waals surface area (Å²) in [4.78, 5) is 15.9. The van der Waals surface area contributed by atoms with E-state index in [4.69, 9.17) is 9.15 Å². The predicted octanol–water partition coefficient (Wildman–Crippen LogP) is 2.43. The number of benzene rings is 1. The molecular formula is C14H16N2O3. The molecule has 0 spiro atoms. The van der Waals surface area contributed by atoms with Gasteiger partial charge < -0.3 is 14.5 Å². The second kappa shape index (κ2) is 5.01. The molecule has 1 aliphatic heterocycles. The number of rotatable bonds is 2. The van der Waals surface area contributed by atoms with Gasteiger partial charge in [-0.15, -0.1) is 0 Å². The maximum Gasteiger partial charge on any atom is 0.337 e. The Balaban J connectivity index is 1.93. The third-order valence-electron chi connectivity index (χ3n) is 3.43. The first-order valence-electron chi connectivity index (χ1n) is 6.50. The number of hydrogen-bond acceptors (Lipinski definition) is 5. The average Bonchev–Trinajstić information content (AvgIpc) is 2.90. The van der Waals surface area contributed by atoms with Crippen molar-refractivity contribution in [2.24, 2.45) is 0 Å². The van der Waals surface area contributed by atoms with Gasteiger partial charge in [0.2, 0.25) is 5.89 Å². The van der Waals surface area contributed by atoms with E-state index in [0.29, 0.717) is 22.6 Å². The van der Waals surface area contributed by atoms with Crippen LogP contribution in [-0.2, 0) is 4.74 Å². The van der Waals surface area contributed by atoms with Crippen LogP contribution in [0.1, 0.15) is 41.6 Å². The average molecular weight is 260 g/mol. The standard InChI is InChI=1S/C14H16N2O3/c1-18-14(17)9-5-6-12-11(8-9)16-13(19-12)10-4-2-3-7-15-10/h5-6,8,10,15H,2-4,7H2,1H3. The summed E-state index contributed by atoms with van der Waals surface area (Å²) in [6.07, 6.45) is 3.42. The largest absolute Gasteiger partial charge is 0.465 e. The molecule has 1 fully saturated rings. The van der Waals surface area contributed by atoms with E-state index in [-0.39, 0.29) is 12.0 Å². The third kappa shape index (κ3) is 2.33. The number of oxazole rings is 1. The summed E-state index contributed by atoms with van der Waals surface area (Å²) < 4.78 is 10.4. The summed E-state index contributed by atoms with van der Waals surface area (Å²) in [6.45, 7) is 0.997. The van der Waals surface area contributed by atoms with Crippen LogP contribution in [0.5, 0.6) is 0 Å². The van der Waals surface area contributed by atoms with Crippen LogP contribution in [0.15, 0.2) is 22.6 Å². The topological polar surface area (TPSA) is 64.4 Å². The van der Waals surface area contributed by atoms with Gasteiger partial charge in [0, 0.05) is 0 Å². The lowest BCUT2D eigenvalue weighted by atomic mass is 10.1. The summed E-state index contributed by atoms with van der Waals surface area (Å²) in [5.74, 6) is 0.346. The number of piperidine rings is 1. The van der Waals surface area contributed by atoms with Gasteiger partial charge in [0.05, 0.1) is 18.7 Å². The minimum Gasteiger partial charge on any atom is -0.465 e. The monoisotopic (exact) mass is 260 g/mol. The lowest BCUT2D eigenvalue weighted by Crippen LogP contribution is -2.26. The Kier molecular flexibility index (Phi) is 3.21. The van der Waals surface area contributed by atoms with Crippen LogP contribution in [0.25, 0.3) is 11.1 Å². The summed E-state index contributed by atoms with van der Waals surface area (Å²) in [7, 11) is 1.37. The summed E-state index contributed by atoms with van der Waals surface area (Å²) in [5, 5.41) is 3.40. The minimum atomic E-state index is -0.359. The number of carbonyl (C=O) groups is 1. The zero-order valence-electron chi connectivity index (χ0n) is 10.8. The molecule has 100 valence electrons. The Morgan fingerprint density at radius 3 is 3.11 bits per heavy atom. The van der Waals surface area contributed by atoms with Crippen molar-refractivity contribution in [1.29, 1.82) is 0 Å². The van der Waals surface area contributed by atoms with Gasteiger partial charge in [-0.05, 0) is 37.6 Å². The Bertz CT molecular complexity index is 600. The number of methoxy groups -OCH3 is 1. The molecule has 1 aromatic carbocycles. The van der Waals surface area contributed by atoms with Crippen molar-refractivity contribution in [2.75, 3.05) is 13.7 Å². The van der Waals surface area contributed by atoms with Crippen molar-refractivity contribution in [3.63, 3.8) is 0 Å². The number of nitrogens with one attached hydrogen (secondary N) is 1. The SMILES string of the molecule is COC(=O)c1ccc2oc(C3CCCCN3)nc2c1. The van der Waals surface area contributed by atoms with E-state index in [0.717, 1.165) is 13.0 Å². The normalized spacial score (nSPS) is 19.5. The van der Waals surface area contributed by atoms with E-state index in [1.54, 1.807) is 18.2 Å². The van der Waals surface area contributed by atoms with E-state index >= 15 is 0 Å². The van der Waals surface area contributed by atoms with Gasteiger partial charge in [0.15, 0.2) is 5.58 Å². The highest BCUT2D eigenvalue weighted by atomic mass is 16.5. The van der Waals surface area contributed by atoms with Crippen LogP contribution in [-0.4, -0.2) is 24.6 Å². The van der Waals surface area contributed by atoms with Gasteiger partial charge in [0.25, 0.3) is 0 Å². The molecule has 1 atom stereocenters. The van der Waals surface area contributed by atoms with Gasteiger partial charge in [-0.1, -0.05) is 6.42 Å². The lowest BCUT2D eigenvalue weighted by Gasteiger charge is -2.19. The van der Waals surface area contributed by atoms with Crippen LogP contribution < -0.4 is 5.32 Å². The number of carbonyl (C=O) groups excluding carboxylic acids is 1. The van der Waals surface area contributed by atoms with Crippen molar-refractivity contribution in [2.45, 2.75) is 25.3 Å². The molecule has 2 aromatic rings. The molecular weight excluding hydrogens is 244 g/mol. The third-order valence-corrected chi connectivity index (χ3v) is 3.43. The Morgan fingerprint density at radius 2 is 2.37 bits per heavy atom. The molecule has 0 aliphatic carbocycles. The molecule has 1 aliphatic rings. The highest BCUT2D eigenvalue weighted by Crippen LogP contribution is 2.26. The fraction of sp³-hybridized carbons (Fsp3) is 0.429. The first-order chi connectivity index (χ1) is 9.28. The maximum absolute atomic E-state index is 11.5. The molecule has 19 heavy (non-hydrogen) atoms. The molecule has 0 bridgehead atoms. The lowest BCUT2D eigenvalue weighted by molar-refractivity contribution is 0.0601. The quantitative estimate of drug-likeness (QED) is 0.840. The number of nitrogens with zero attached hydrogens (tertiary/aromatic N) is 1. The molecule has 0 saturated carbocycles. The van der Waals surface area contributed by atoms with E-state index < -0.39 is 0 Å². The number of ether oxygens (including phenoxy) is 1. The van der Waals surface area contributed by atoms with Crippen molar-refractivity contribution in [3.05, 3.63) is 29.7 Å². The van der Waals surface area contributed by atoms with Crippen LogP contribution in [0.2, 0.25) is 0 Å². The fourth-order valence-electron chi connectivity index (χ4n) is 2.40. The second-order valence-corrected chi connectivity index (χ2v) is 4.73. The van der Waals surface area contributed by atoms with Gasteiger partial charge in [0.1, 0.15) is 5.52 Å². The van der Waals surface area contributed by atoms with Gasteiger partial charge in [-0.2, -0.15) is 0 Å². The van der Waals surface area contributed by atoms with E-state index in [2.05, 4.69) is 10.3 Å². The van der Waals surface area contributed by atoms with E-state index in [1.165, 1.54) is 20.0 Å². The molecule has 1 aromatic heterocycles. The van der Waals surface area contributed by atoms with Gasteiger partial charge >= 0.3 is 5.97 Å². The predicted molar refractivity (Wildman–Crippen MR) is 69.9 cm³/mol. The summed E-state index contributed by atoms with van der Waals surface area (Å²) in [5.41, 5.74) is 1.90. The summed E-state index contributed by atoms with van der Waals surface area (Å²) in [6, 6.07) is 5.35. The number of aromatic nitrogens is 1. The molecule has 5 nitrogen and oxygen atoms in total. The Labute approximate surface area is 111 Å². The van der Waals surface area contributed by atoms with Crippen LogP contribution in [0, 0.1) is 0 Å². The smallest absolute Gasteiger partial charge is 0.337 e. The zero-order valence-corrected chi connectivity index (χ0v) is 10.8. The first-order valence-corrected chi connectivity index (χ1v) is 6.50. The van der Waals surface area contributed by atoms with Crippen molar-refractivity contribution >= 4 is 17.1 Å². The van der Waals surface area contributed by atoms with Crippen molar-refractivity contribution in [1.82, 2.24) is 10.3 Å². The van der Waals surface area contributed by atoms with Crippen molar-refractivity contribution < 1.29 is 13.9 Å². The van der Waals surface area contributed by atoms with E-state index in [9.17, 15) is 4.79 Å². The molecule has 1 saturated heterocycles. The van der Waals surface area contributed by atoms with Gasteiger partial charge in [-0.25, -0.2) is 9.78 Å². The molecule has 5 heteroatoms. The van der Waals surface area contributed by atoms with Crippen molar-refractivity contribution in [3.8, 4) is 0 Å². The molecule has 1 N–H and O–H groups in total. The number of hydrogen-bond donors (Lipinski definition) is 1. The summed E-state index contributed by atoms with van der Waals surface area (Å²) >= 11 is 0. The number of esters is 1. The molecule has 3 rings (SSSR count). The first kappa shape index (κ1) is 12.2. The molecule has 2 heterocycles. The molecule has 0 radical (unpaired) electrons. The highest BCUT2D eigenvalue weighted by molar-refractivity contribution is 5.93. The Hall–Kier alpha value is -1.88. The fourth-order valence-corrected chi connectivity index (χ4v) is 2.40. The Morgan fingerprint density at radius 1 is 1.47 bits per heavy atom. The van der Waals surface area contributed by atoms with Crippen LogP contribution in [0.4, 0.5) is 0 Å². The molecule has 0 amide bonds. The maximum atomic E-state index is 11.5. The zero-order chi connectivity index (χ0) is 13.2. The van der Waals surface area contributed by atoms with Crippen LogP contribution in [0.3, 0.4) is 0 Å². The molecule has 1 unspecified atom stereocenters. The van der Waals surface area contributed by atoms with Crippen LogP contribution >= 0.6 is 0 Å². The van der Waals surface area contributed by atoms with E-state index in [1.807, 2.05) is 0 Å². The van der Waals surface area contributed by atoms with Gasteiger partial charge in [-0.3, -0.25) is 0 Å². The highest BCUT2D eigenvalue weighted by Gasteiger charge is 2.20.